The van der Waals surface area contributed by atoms with E-state index in [0.29, 0.717) is 18.1 Å². The number of nitrogens with one attached hydrogen (secondary N) is 2. The average molecular weight is 241 g/mol. The van der Waals surface area contributed by atoms with Crippen LogP contribution in [0.1, 0.15) is 12.6 Å². The third kappa shape index (κ3) is 3.02. The number of thiazole rings is 1. The molecule has 1 aromatic rings. The maximum Gasteiger partial charge on any atom is 0.294 e. The van der Waals surface area contributed by atoms with E-state index in [1.165, 1.54) is 5.38 Å². The van der Waals surface area contributed by atoms with Gasteiger partial charge in [-0.25, -0.2) is 4.98 Å². The molecule has 0 aliphatic heterocycles. The molecule has 0 fully saturated rings. The Morgan fingerprint density at radius 2 is 2.56 bits per heavy atom. The van der Waals surface area contributed by atoms with Crippen LogP contribution in [0.2, 0.25) is 0 Å². The second-order valence-corrected chi connectivity index (χ2v) is 3.34. The van der Waals surface area contributed by atoms with E-state index < -0.39 is 5.91 Å². The van der Waals surface area contributed by atoms with Gasteiger partial charge in [0.15, 0.2) is 10.8 Å². The molecule has 85 valence electrons. The first kappa shape index (κ1) is 12.1. The summed E-state index contributed by atoms with van der Waals surface area (Å²) < 4.78 is 0. The van der Waals surface area contributed by atoms with Crippen LogP contribution >= 0.6 is 11.3 Å². The van der Waals surface area contributed by atoms with Crippen molar-refractivity contribution in [3.8, 4) is 0 Å². The van der Waals surface area contributed by atoms with Gasteiger partial charge in [-0.3, -0.25) is 15.3 Å². The van der Waals surface area contributed by atoms with Crippen LogP contribution in [0.4, 0.5) is 5.13 Å². The number of oxime groups is 1. The third-order valence-corrected chi connectivity index (χ3v) is 2.20. The van der Waals surface area contributed by atoms with Crippen LogP contribution in [0, 0.1) is 0 Å². The van der Waals surface area contributed by atoms with Crippen LogP contribution in [0.5, 0.6) is 0 Å². The van der Waals surface area contributed by atoms with Crippen LogP contribution in [0.3, 0.4) is 0 Å². The predicted octanol–water partition coefficient (Wildman–Crippen LogP) is 0.261. The molecule has 1 heterocycles. The summed E-state index contributed by atoms with van der Waals surface area (Å²) in [6.07, 6.45) is 0.477. The van der Waals surface area contributed by atoms with E-state index in [-0.39, 0.29) is 11.4 Å². The highest BCUT2D eigenvalue weighted by atomic mass is 32.1. The van der Waals surface area contributed by atoms with E-state index >= 15 is 0 Å². The monoisotopic (exact) mass is 241 g/mol. The lowest BCUT2D eigenvalue weighted by atomic mass is 10.3. The Morgan fingerprint density at radius 1 is 1.81 bits per heavy atom. The van der Waals surface area contributed by atoms with Crippen molar-refractivity contribution >= 4 is 34.5 Å². The van der Waals surface area contributed by atoms with Crippen LogP contribution in [0.15, 0.2) is 10.5 Å². The zero-order valence-electron chi connectivity index (χ0n) is 8.39. The largest absolute Gasteiger partial charge is 0.395 e. The van der Waals surface area contributed by atoms with Gasteiger partial charge in [-0.05, 0) is 6.92 Å². The Balaban J connectivity index is 2.92. The number of hydrogen-bond acceptors (Lipinski definition) is 6. The fraction of sp³-hybridized carbons (Fsp3) is 0.250. The molecule has 0 aromatic carbocycles. The summed E-state index contributed by atoms with van der Waals surface area (Å²) in [5.74, 6) is -0.989. The molecular weight excluding hydrogens is 232 g/mol. The van der Waals surface area contributed by atoms with Crippen LogP contribution in [0.25, 0.3) is 0 Å². The fourth-order valence-corrected chi connectivity index (χ4v) is 1.49. The molecule has 0 aliphatic rings. The van der Waals surface area contributed by atoms with Crippen molar-refractivity contribution in [3.05, 3.63) is 11.1 Å². The molecule has 1 radical (unpaired) electrons. The number of nitrogens with zero attached hydrogens (tertiary/aromatic N) is 2. The maximum absolute atomic E-state index is 10.9. The summed E-state index contributed by atoms with van der Waals surface area (Å²) in [7, 11) is 0. The van der Waals surface area contributed by atoms with Gasteiger partial charge in [-0.15, -0.1) is 11.3 Å². The van der Waals surface area contributed by atoms with Gasteiger partial charge < -0.3 is 10.2 Å². The van der Waals surface area contributed by atoms with Crippen molar-refractivity contribution in [1.29, 1.82) is 0 Å². The van der Waals surface area contributed by atoms with Gasteiger partial charge in [0, 0.05) is 5.38 Å². The maximum atomic E-state index is 10.9. The number of carbonyl (C=O) groups excluding carboxylic acids is 2. The minimum atomic E-state index is -0.989. The highest BCUT2D eigenvalue weighted by Crippen LogP contribution is 2.15. The number of carbonyl (C=O) groups is 2. The molecule has 0 aliphatic carbocycles. The van der Waals surface area contributed by atoms with Crippen molar-refractivity contribution in [2.75, 3.05) is 11.9 Å². The van der Waals surface area contributed by atoms with Crippen molar-refractivity contribution in [1.82, 2.24) is 10.7 Å². The quantitative estimate of drug-likeness (QED) is 0.438. The lowest BCUT2D eigenvalue weighted by Gasteiger charge is -1.97. The highest BCUT2D eigenvalue weighted by molar-refractivity contribution is 7.14. The first-order chi connectivity index (χ1) is 7.69. The van der Waals surface area contributed by atoms with Crippen molar-refractivity contribution < 1.29 is 14.4 Å². The van der Waals surface area contributed by atoms with Crippen LogP contribution in [-0.2, 0) is 14.4 Å². The molecule has 16 heavy (non-hydrogen) atoms. The SMILES string of the molecule is CCON=C(C([NH])=O)c1csc(NC=O)n1. The second-order valence-electron chi connectivity index (χ2n) is 2.49. The minimum absolute atomic E-state index is 0.183. The van der Waals surface area contributed by atoms with E-state index in [1.807, 2.05) is 0 Å². The molecule has 2 N–H and O–H groups in total. The molecule has 0 unspecified atom stereocenters. The second kappa shape index (κ2) is 5.81. The van der Waals surface area contributed by atoms with Crippen LogP contribution < -0.4 is 11.1 Å². The Labute approximate surface area is 95.3 Å². The molecule has 7 nitrogen and oxygen atoms in total. The summed E-state index contributed by atoms with van der Waals surface area (Å²) in [6.45, 7) is 2.00. The first-order valence-corrected chi connectivity index (χ1v) is 5.19. The molecule has 0 saturated carbocycles. The molecule has 8 heteroatoms. The zero-order valence-corrected chi connectivity index (χ0v) is 9.21. The minimum Gasteiger partial charge on any atom is -0.395 e. The number of anilines is 1. The summed E-state index contributed by atoms with van der Waals surface area (Å²) in [4.78, 5) is 29.7. The Morgan fingerprint density at radius 3 is 3.12 bits per heavy atom. The van der Waals surface area contributed by atoms with Gasteiger partial charge in [0.1, 0.15) is 12.3 Å². The molecule has 0 atom stereocenters. The molecule has 0 spiro atoms. The smallest absolute Gasteiger partial charge is 0.294 e. The highest BCUT2D eigenvalue weighted by Gasteiger charge is 2.16. The van der Waals surface area contributed by atoms with Crippen molar-refractivity contribution in [2.24, 2.45) is 5.16 Å². The number of hydrogen-bond donors (Lipinski definition) is 1. The number of rotatable bonds is 6. The number of aromatic nitrogens is 1. The van der Waals surface area contributed by atoms with E-state index in [2.05, 4.69) is 15.5 Å². The Kier molecular flexibility index (Phi) is 4.40. The van der Waals surface area contributed by atoms with E-state index in [9.17, 15) is 9.59 Å². The van der Waals surface area contributed by atoms with Gasteiger partial charge in [-0.2, -0.15) is 0 Å². The van der Waals surface area contributed by atoms with Gasteiger partial charge in [0.25, 0.3) is 5.91 Å². The molecule has 0 bridgehead atoms. The number of amides is 2. The predicted molar refractivity (Wildman–Crippen MR) is 58.1 cm³/mol. The average Bonchev–Trinajstić information content (AvgIpc) is 2.67. The lowest BCUT2D eigenvalue weighted by molar-refractivity contribution is -0.112. The van der Waals surface area contributed by atoms with Crippen molar-refractivity contribution in [2.45, 2.75) is 6.92 Å². The van der Waals surface area contributed by atoms with Gasteiger partial charge in [-0.1, -0.05) is 5.16 Å². The van der Waals surface area contributed by atoms with Gasteiger partial charge in [0.05, 0.1) is 0 Å². The molecule has 1 rings (SSSR count). The topological polar surface area (TPSA) is 104 Å². The Hall–Kier alpha value is -1.96. The molecule has 0 saturated heterocycles. The van der Waals surface area contributed by atoms with Gasteiger partial charge >= 0.3 is 0 Å². The van der Waals surface area contributed by atoms with E-state index in [1.54, 1.807) is 6.92 Å². The van der Waals surface area contributed by atoms with Gasteiger partial charge in [0.2, 0.25) is 6.41 Å². The molecule has 2 amide bonds. The third-order valence-electron chi connectivity index (χ3n) is 1.43. The summed E-state index contributed by atoms with van der Waals surface area (Å²) >= 11 is 1.13. The summed E-state index contributed by atoms with van der Waals surface area (Å²) in [5, 5.41) is 7.67. The fourth-order valence-electron chi connectivity index (χ4n) is 0.833. The zero-order chi connectivity index (χ0) is 12.0. The van der Waals surface area contributed by atoms with Crippen molar-refractivity contribution in [3.63, 3.8) is 0 Å². The van der Waals surface area contributed by atoms with E-state index in [0.717, 1.165) is 11.3 Å². The van der Waals surface area contributed by atoms with Crippen LogP contribution in [-0.4, -0.2) is 29.6 Å². The standard InChI is InChI=1S/C8H9N4O3S/c1-2-15-12-6(7(9)14)5-3-16-8(11-5)10-4-13/h3-4,9H,2H2,1H3,(H,10,11,13). The Bertz CT molecular complexity index is 415. The normalized spacial score (nSPS) is 10.9. The lowest BCUT2D eigenvalue weighted by Crippen LogP contribution is -2.17. The molecular formula is C8H9N4O3S. The first-order valence-electron chi connectivity index (χ1n) is 4.31. The summed E-state index contributed by atoms with van der Waals surface area (Å²) in [5.41, 5.74) is 7.01. The molecule has 1 aromatic heterocycles. The van der Waals surface area contributed by atoms with E-state index in [4.69, 9.17) is 10.6 Å². The summed E-state index contributed by atoms with van der Waals surface area (Å²) in [6, 6.07) is 0.